The zero-order valence-corrected chi connectivity index (χ0v) is 13.4. The van der Waals surface area contributed by atoms with Gasteiger partial charge in [0.25, 0.3) is 0 Å². The van der Waals surface area contributed by atoms with E-state index in [1.807, 2.05) is 41.5 Å². The first-order chi connectivity index (χ1) is 8.87. The third kappa shape index (κ3) is 6.34. The number of carbonyl (C=O) groups excluding carboxylic acids is 2. The Morgan fingerprint density at radius 3 is 1.25 bits per heavy atom. The average molecular weight is 288 g/mol. The van der Waals surface area contributed by atoms with Crippen molar-refractivity contribution in [3.05, 3.63) is 0 Å². The zero-order chi connectivity index (χ0) is 16.1. The van der Waals surface area contributed by atoms with Crippen molar-refractivity contribution in [1.82, 2.24) is 0 Å². The third-order valence-electron chi connectivity index (χ3n) is 2.95. The molecule has 0 spiro atoms. The van der Waals surface area contributed by atoms with E-state index in [9.17, 15) is 9.59 Å². The van der Waals surface area contributed by atoms with E-state index in [4.69, 9.17) is 20.9 Å². The lowest BCUT2D eigenvalue weighted by Gasteiger charge is -2.26. The number of hydrogen-bond acceptors (Lipinski definition) is 6. The highest BCUT2D eigenvalue weighted by Crippen LogP contribution is 2.19. The summed E-state index contributed by atoms with van der Waals surface area (Å²) in [6.45, 7) is 11.0. The molecule has 0 aromatic rings. The van der Waals surface area contributed by atoms with Crippen molar-refractivity contribution in [3.8, 4) is 0 Å². The van der Waals surface area contributed by atoms with Gasteiger partial charge in [0.05, 0.1) is 0 Å². The first kappa shape index (κ1) is 18.9. The summed E-state index contributed by atoms with van der Waals surface area (Å²) < 4.78 is 9.93. The lowest BCUT2D eigenvalue weighted by molar-refractivity contribution is -0.156. The summed E-state index contributed by atoms with van der Waals surface area (Å²) in [7, 11) is 0. The predicted octanol–water partition coefficient (Wildman–Crippen LogP) is 0.820. The van der Waals surface area contributed by atoms with E-state index in [-0.39, 0.29) is 24.0 Å². The SMILES string of the molecule is CC(C)(C)C(N)C(=O)OCCOC(=O)C(N)C(C)(C)C. The highest BCUT2D eigenvalue weighted by Gasteiger charge is 2.30. The number of hydrogen-bond donors (Lipinski definition) is 2. The molecule has 0 aliphatic rings. The fraction of sp³-hybridized carbons (Fsp3) is 0.857. The van der Waals surface area contributed by atoms with Gasteiger partial charge in [0.1, 0.15) is 25.3 Å². The van der Waals surface area contributed by atoms with Crippen LogP contribution in [-0.2, 0) is 19.1 Å². The molecule has 0 aromatic carbocycles. The minimum atomic E-state index is -0.713. The molecule has 4 N–H and O–H groups in total. The van der Waals surface area contributed by atoms with E-state index >= 15 is 0 Å². The Labute approximate surface area is 121 Å². The van der Waals surface area contributed by atoms with Crippen molar-refractivity contribution in [2.75, 3.05) is 13.2 Å². The van der Waals surface area contributed by atoms with Crippen LogP contribution in [0, 0.1) is 10.8 Å². The Morgan fingerprint density at radius 1 is 0.800 bits per heavy atom. The molecule has 0 saturated heterocycles. The van der Waals surface area contributed by atoms with E-state index in [1.54, 1.807) is 0 Å². The van der Waals surface area contributed by atoms with Crippen LogP contribution in [0.3, 0.4) is 0 Å². The third-order valence-corrected chi connectivity index (χ3v) is 2.95. The molecule has 118 valence electrons. The summed E-state index contributed by atoms with van der Waals surface area (Å²) in [5.41, 5.74) is 10.7. The second-order valence-corrected chi connectivity index (χ2v) is 7.02. The van der Waals surface area contributed by atoms with Crippen LogP contribution in [0.2, 0.25) is 0 Å². The standard InChI is InChI=1S/C14H28N2O4/c1-13(2,3)9(15)11(17)19-7-8-20-12(18)10(16)14(4,5)6/h9-10H,7-8,15-16H2,1-6H3. The fourth-order valence-electron chi connectivity index (χ4n) is 1.17. The molecule has 0 amide bonds. The molecule has 0 aromatic heterocycles. The smallest absolute Gasteiger partial charge is 0.323 e. The topological polar surface area (TPSA) is 105 Å². The van der Waals surface area contributed by atoms with E-state index in [2.05, 4.69) is 0 Å². The van der Waals surface area contributed by atoms with Gasteiger partial charge in [-0.15, -0.1) is 0 Å². The van der Waals surface area contributed by atoms with Gasteiger partial charge < -0.3 is 20.9 Å². The highest BCUT2D eigenvalue weighted by atomic mass is 16.6. The Kier molecular flexibility index (Phi) is 6.64. The van der Waals surface area contributed by atoms with Crippen LogP contribution in [0.4, 0.5) is 0 Å². The van der Waals surface area contributed by atoms with Crippen molar-refractivity contribution in [1.29, 1.82) is 0 Å². The van der Waals surface area contributed by atoms with Crippen LogP contribution in [0.15, 0.2) is 0 Å². The second-order valence-electron chi connectivity index (χ2n) is 7.02. The molecule has 0 aliphatic heterocycles. The Morgan fingerprint density at radius 2 is 1.05 bits per heavy atom. The largest absolute Gasteiger partial charge is 0.461 e. The van der Waals surface area contributed by atoms with Gasteiger partial charge in [-0.25, -0.2) is 0 Å². The Bertz CT molecular complexity index is 308. The van der Waals surface area contributed by atoms with Crippen molar-refractivity contribution in [2.24, 2.45) is 22.3 Å². The van der Waals surface area contributed by atoms with E-state index in [1.165, 1.54) is 0 Å². The minimum absolute atomic E-state index is 0.0226. The molecule has 0 radical (unpaired) electrons. The molecule has 20 heavy (non-hydrogen) atoms. The molecule has 2 unspecified atom stereocenters. The van der Waals surface area contributed by atoms with Crippen LogP contribution in [-0.4, -0.2) is 37.2 Å². The number of esters is 2. The fourth-order valence-corrected chi connectivity index (χ4v) is 1.17. The van der Waals surface area contributed by atoms with Crippen LogP contribution in [0.1, 0.15) is 41.5 Å². The second kappa shape index (κ2) is 7.04. The van der Waals surface area contributed by atoms with E-state index < -0.39 is 24.0 Å². The number of ether oxygens (including phenoxy) is 2. The first-order valence-electron chi connectivity index (χ1n) is 6.72. The summed E-state index contributed by atoms with van der Waals surface area (Å²) in [6, 6.07) is -1.43. The molecule has 0 bridgehead atoms. The summed E-state index contributed by atoms with van der Waals surface area (Å²) in [5, 5.41) is 0. The average Bonchev–Trinajstić information content (AvgIpc) is 2.29. The van der Waals surface area contributed by atoms with Crippen molar-refractivity contribution < 1.29 is 19.1 Å². The van der Waals surface area contributed by atoms with Crippen LogP contribution >= 0.6 is 0 Å². The van der Waals surface area contributed by atoms with Crippen molar-refractivity contribution in [2.45, 2.75) is 53.6 Å². The molecule has 0 saturated carbocycles. The lowest BCUT2D eigenvalue weighted by atomic mass is 9.87. The Balaban J connectivity index is 4.05. The monoisotopic (exact) mass is 288 g/mol. The van der Waals surface area contributed by atoms with Gasteiger partial charge >= 0.3 is 11.9 Å². The molecule has 0 rings (SSSR count). The molecule has 6 nitrogen and oxygen atoms in total. The molecule has 0 fully saturated rings. The van der Waals surface area contributed by atoms with Gasteiger partial charge in [-0.3, -0.25) is 9.59 Å². The molecule has 6 heteroatoms. The molecular formula is C14H28N2O4. The molecule has 2 atom stereocenters. The normalized spacial score (nSPS) is 15.4. The van der Waals surface area contributed by atoms with Crippen LogP contribution < -0.4 is 11.5 Å². The van der Waals surface area contributed by atoms with Gasteiger partial charge in [-0.05, 0) is 10.8 Å². The van der Waals surface area contributed by atoms with Crippen LogP contribution in [0.5, 0.6) is 0 Å². The van der Waals surface area contributed by atoms with Gasteiger partial charge in [0.15, 0.2) is 0 Å². The lowest BCUT2D eigenvalue weighted by Crippen LogP contribution is -2.44. The van der Waals surface area contributed by atoms with Gasteiger partial charge in [-0.2, -0.15) is 0 Å². The van der Waals surface area contributed by atoms with Gasteiger partial charge in [-0.1, -0.05) is 41.5 Å². The predicted molar refractivity (Wildman–Crippen MR) is 76.8 cm³/mol. The quantitative estimate of drug-likeness (QED) is 0.573. The minimum Gasteiger partial charge on any atom is -0.461 e. The summed E-state index contributed by atoms with van der Waals surface area (Å²) in [5.74, 6) is -1.01. The zero-order valence-electron chi connectivity index (χ0n) is 13.4. The summed E-state index contributed by atoms with van der Waals surface area (Å²) in [6.07, 6.45) is 0. The number of carbonyl (C=O) groups is 2. The maximum Gasteiger partial charge on any atom is 0.323 e. The summed E-state index contributed by atoms with van der Waals surface area (Å²) >= 11 is 0. The molecule has 0 heterocycles. The number of rotatable bonds is 5. The molecular weight excluding hydrogens is 260 g/mol. The highest BCUT2D eigenvalue weighted by molar-refractivity contribution is 5.77. The van der Waals surface area contributed by atoms with Gasteiger partial charge in [0.2, 0.25) is 0 Å². The molecule has 0 aliphatic carbocycles. The Hall–Kier alpha value is -1.14. The van der Waals surface area contributed by atoms with Crippen molar-refractivity contribution >= 4 is 11.9 Å². The van der Waals surface area contributed by atoms with E-state index in [0.717, 1.165) is 0 Å². The number of nitrogens with two attached hydrogens (primary N) is 2. The van der Waals surface area contributed by atoms with Gasteiger partial charge in [0, 0.05) is 0 Å². The van der Waals surface area contributed by atoms with E-state index in [0.29, 0.717) is 0 Å². The first-order valence-corrected chi connectivity index (χ1v) is 6.72. The summed E-state index contributed by atoms with van der Waals surface area (Å²) in [4.78, 5) is 23.2. The van der Waals surface area contributed by atoms with Crippen molar-refractivity contribution in [3.63, 3.8) is 0 Å². The maximum atomic E-state index is 11.6. The van der Waals surface area contributed by atoms with Crippen LogP contribution in [0.25, 0.3) is 0 Å². The maximum absolute atomic E-state index is 11.6.